The molecule has 120 valence electrons. The number of benzene rings is 1. The molecule has 2 aromatic heterocycles. The van der Waals surface area contributed by atoms with Crippen LogP contribution in [-0.4, -0.2) is 31.8 Å². The summed E-state index contributed by atoms with van der Waals surface area (Å²) in [6.45, 7) is 4.54. The second-order valence-electron chi connectivity index (χ2n) is 5.20. The average Bonchev–Trinajstić information content (AvgIpc) is 2.99. The van der Waals surface area contributed by atoms with Crippen LogP contribution in [-0.2, 0) is 17.9 Å². The molecule has 2 heterocycles. The summed E-state index contributed by atoms with van der Waals surface area (Å²) in [4.78, 5) is 28.0. The number of fused-ring (bicyclic) bond motifs is 1. The Balaban J connectivity index is 1.62. The number of aryl methyl sites for hydroxylation is 2. The zero-order valence-electron chi connectivity index (χ0n) is 12.9. The highest BCUT2D eigenvalue weighted by Crippen LogP contribution is 2.11. The zero-order valence-corrected chi connectivity index (χ0v) is 12.9. The third-order valence-electron chi connectivity index (χ3n) is 3.48. The van der Waals surface area contributed by atoms with Crippen LogP contribution in [0.5, 0.6) is 0 Å². The molecule has 8 nitrogen and oxygen atoms in total. The van der Waals surface area contributed by atoms with E-state index in [0.717, 1.165) is 5.82 Å². The van der Waals surface area contributed by atoms with Gasteiger partial charge in [0.2, 0.25) is 5.91 Å². The van der Waals surface area contributed by atoms with Gasteiger partial charge in [-0.3, -0.25) is 9.36 Å². The third kappa shape index (κ3) is 3.15. The number of amides is 1. The van der Waals surface area contributed by atoms with Gasteiger partial charge in [0, 0.05) is 6.54 Å². The van der Waals surface area contributed by atoms with Crippen molar-refractivity contribution < 1.29 is 9.21 Å². The van der Waals surface area contributed by atoms with E-state index in [4.69, 9.17) is 4.42 Å². The molecule has 3 rings (SSSR count). The third-order valence-corrected chi connectivity index (χ3v) is 3.48. The summed E-state index contributed by atoms with van der Waals surface area (Å²) in [7, 11) is 0. The Bertz CT molecular complexity index is 905. The van der Waals surface area contributed by atoms with E-state index in [0.29, 0.717) is 30.0 Å². The minimum absolute atomic E-state index is 0.0782. The Morgan fingerprint density at radius 2 is 2.09 bits per heavy atom. The fourth-order valence-electron chi connectivity index (χ4n) is 2.44. The van der Waals surface area contributed by atoms with Gasteiger partial charge in [0.05, 0.1) is 12.1 Å². The summed E-state index contributed by atoms with van der Waals surface area (Å²) in [6.07, 6.45) is 0. The predicted octanol–water partition coefficient (Wildman–Crippen LogP) is 0.619. The molecule has 0 saturated carbocycles. The van der Waals surface area contributed by atoms with Crippen molar-refractivity contribution >= 4 is 17.0 Å². The van der Waals surface area contributed by atoms with Crippen LogP contribution < -0.4 is 11.1 Å². The van der Waals surface area contributed by atoms with Crippen LogP contribution in [0.1, 0.15) is 11.6 Å². The molecule has 0 aliphatic rings. The van der Waals surface area contributed by atoms with E-state index in [-0.39, 0.29) is 12.5 Å². The fourth-order valence-corrected chi connectivity index (χ4v) is 2.44. The summed E-state index contributed by atoms with van der Waals surface area (Å²) in [6, 6.07) is 7.01. The second-order valence-corrected chi connectivity index (χ2v) is 5.20. The normalized spacial score (nSPS) is 11.0. The van der Waals surface area contributed by atoms with E-state index in [1.807, 2.05) is 13.8 Å². The van der Waals surface area contributed by atoms with E-state index in [9.17, 15) is 9.59 Å². The van der Waals surface area contributed by atoms with E-state index >= 15 is 0 Å². The standard InChI is InChI=1S/C15H17N5O3/c1-10-17-11(2)20(18-10)8-7-16-14(21)9-19-12-5-3-4-6-13(12)23-15(19)22/h3-6H,7-9H2,1-2H3,(H,16,21). The molecular formula is C15H17N5O3. The second kappa shape index (κ2) is 6.07. The summed E-state index contributed by atoms with van der Waals surface area (Å²) >= 11 is 0. The van der Waals surface area contributed by atoms with Crippen molar-refractivity contribution in [3.63, 3.8) is 0 Å². The number of para-hydroxylation sites is 2. The number of nitrogens with zero attached hydrogens (tertiary/aromatic N) is 4. The van der Waals surface area contributed by atoms with Gasteiger partial charge in [0.15, 0.2) is 5.58 Å². The monoisotopic (exact) mass is 315 g/mol. The lowest BCUT2D eigenvalue weighted by molar-refractivity contribution is -0.121. The molecule has 0 unspecified atom stereocenters. The number of hydrogen-bond donors (Lipinski definition) is 1. The Kier molecular flexibility index (Phi) is 3.96. The average molecular weight is 315 g/mol. The van der Waals surface area contributed by atoms with Crippen molar-refractivity contribution in [1.29, 1.82) is 0 Å². The molecule has 0 aliphatic carbocycles. The van der Waals surface area contributed by atoms with Crippen LogP contribution in [0.15, 0.2) is 33.5 Å². The van der Waals surface area contributed by atoms with Crippen molar-refractivity contribution in [3.05, 3.63) is 46.5 Å². The van der Waals surface area contributed by atoms with Crippen LogP contribution in [0.25, 0.3) is 11.1 Å². The number of carbonyl (C=O) groups is 1. The number of oxazole rings is 1. The summed E-state index contributed by atoms with van der Waals surface area (Å²) in [5.74, 6) is 0.705. The van der Waals surface area contributed by atoms with Crippen LogP contribution in [0.3, 0.4) is 0 Å². The van der Waals surface area contributed by atoms with Crippen molar-refractivity contribution in [2.75, 3.05) is 6.54 Å². The first-order chi connectivity index (χ1) is 11.0. The molecule has 0 fully saturated rings. The molecule has 0 spiro atoms. The van der Waals surface area contributed by atoms with Gasteiger partial charge < -0.3 is 9.73 Å². The van der Waals surface area contributed by atoms with Crippen molar-refractivity contribution in [1.82, 2.24) is 24.6 Å². The highest BCUT2D eigenvalue weighted by atomic mass is 16.4. The van der Waals surface area contributed by atoms with Gasteiger partial charge in [-0.1, -0.05) is 12.1 Å². The Morgan fingerprint density at radius 3 is 2.83 bits per heavy atom. The molecule has 0 saturated heterocycles. The molecule has 3 aromatic rings. The topological polar surface area (TPSA) is 95.0 Å². The van der Waals surface area contributed by atoms with Crippen LogP contribution >= 0.6 is 0 Å². The first-order valence-electron chi connectivity index (χ1n) is 7.28. The van der Waals surface area contributed by atoms with Gasteiger partial charge in [-0.15, -0.1) is 0 Å². The highest BCUT2D eigenvalue weighted by molar-refractivity contribution is 5.79. The van der Waals surface area contributed by atoms with Crippen LogP contribution in [0, 0.1) is 13.8 Å². The SMILES string of the molecule is Cc1nc(C)n(CCNC(=O)Cn2c(=O)oc3ccccc32)n1. The molecule has 8 heteroatoms. The van der Waals surface area contributed by atoms with E-state index < -0.39 is 5.76 Å². The zero-order chi connectivity index (χ0) is 16.4. The number of hydrogen-bond acceptors (Lipinski definition) is 5. The summed E-state index contributed by atoms with van der Waals surface area (Å²) in [5.41, 5.74) is 1.08. The van der Waals surface area contributed by atoms with Gasteiger partial charge in [0.1, 0.15) is 18.2 Å². The summed E-state index contributed by atoms with van der Waals surface area (Å²) < 4.78 is 8.14. The maximum absolute atomic E-state index is 12.0. The lowest BCUT2D eigenvalue weighted by Gasteiger charge is -2.06. The van der Waals surface area contributed by atoms with E-state index in [2.05, 4.69) is 15.4 Å². The fraction of sp³-hybridized carbons (Fsp3) is 0.333. The number of carbonyl (C=O) groups excluding carboxylic acids is 1. The Hall–Kier alpha value is -2.90. The van der Waals surface area contributed by atoms with Crippen molar-refractivity contribution in [2.45, 2.75) is 26.9 Å². The minimum Gasteiger partial charge on any atom is -0.408 e. The summed E-state index contributed by atoms with van der Waals surface area (Å²) in [5, 5.41) is 6.99. The number of rotatable bonds is 5. The van der Waals surface area contributed by atoms with E-state index in [1.165, 1.54) is 4.57 Å². The Labute approximate surface area is 131 Å². The van der Waals surface area contributed by atoms with Gasteiger partial charge in [-0.05, 0) is 26.0 Å². The molecule has 1 amide bonds. The van der Waals surface area contributed by atoms with Gasteiger partial charge in [0.25, 0.3) is 0 Å². The molecule has 0 atom stereocenters. The van der Waals surface area contributed by atoms with Crippen molar-refractivity contribution in [3.8, 4) is 0 Å². The number of aromatic nitrogens is 4. The predicted molar refractivity (Wildman–Crippen MR) is 83.0 cm³/mol. The lowest BCUT2D eigenvalue weighted by Crippen LogP contribution is -2.33. The largest absolute Gasteiger partial charge is 0.420 e. The molecule has 23 heavy (non-hydrogen) atoms. The van der Waals surface area contributed by atoms with Crippen LogP contribution in [0.2, 0.25) is 0 Å². The Morgan fingerprint density at radius 1 is 1.30 bits per heavy atom. The van der Waals surface area contributed by atoms with Gasteiger partial charge >= 0.3 is 5.76 Å². The molecular weight excluding hydrogens is 298 g/mol. The van der Waals surface area contributed by atoms with Gasteiger partial charge in [-0.2, -0.15) is 5.10 Å². The molecule has 1 N–H and O–H groups in total. The molecule has 0 radical (unpaired) electrons. The number of nitrogens with one attached hydrogen (secondary N) is 1. The van der Waals surface area contributed by atoms with E-state index in [1.54, 1.807) is 28.9 Å². The molecule has 1 aromatic carbocycles. The highest BCUT2D eigenvalue weighted by Gasteiger charge is 2.12. The molecule has 0 aliphatic heterocycles. The van der Waals surface area contributed by atoms with Crippen LogP contribution in [0.4, 0.5) is 0 Å². The quantitative estimate of drug-likeness (QED) is 0.744. The van der Waals surface area contributed by atoms with Crippen molar-refractivity contribution in [2.24, 2.45) is 0 Å². The first kappa shape index (κ1) is 15.0. The molecule has 0 bridgehead atoms. The van der Waals surface area contributed by atoms with Gasteiger partial charge in [-0.25, -0.2) is 14.5 Å². The smallest absolute Gasteiger partial charge is 0.408 e. The first-order valence-corrected chi connectivity index (χ1v) is 7.28. The lowest BCUT2D eigenvalue weighted by atomic mass is 10.3. The maximum Gasteiger partial charge on any atom is 0.420 e. The maximum atomic E-state index is 12.0. The minimum atomic E-state index is -0.538.